The molecule has 0 radical (unpaired) electrons. The predicted molar refractivity (Wildman–Crippen MR) is 69.5 cm³/mol. The highest BCUT2D eigenvalue weighted by Crippen LogP contribution is 1.97. The summed E-state index contributed by atoms with van der Waals surface area (Å²) in [6.45, 7) is 10.1. The zero-order chi connectivity index (χ0) is 11.6. The molecule has 92 valence electrons. The summed E-state index contributed by atoms with van der Waals surface area (Å²) in [5, 5.41) is 3.46. The molecule has 0 aliphatic heterocycles. The Kier molecular flexibility index (Phi) is 6.93. The number of hydrogen-bond donors (Lipinski definition) is 2. The molecule has 0 spiro atoms. The zero-order valence-electron chi connectivity index (χ0n) is 10.6. The van der Waals surface area contributed by atoms with E-state index in [9.17, 15) is 0 Å². The first-order chi connectivity index (χ1) is 7.86. The van der Waals surface area contributed by atoms with E-state index >= 15 is 0 Å². The maximum Gasteiger partial charge on any atom is 0.0220 e. The molecule has 0 aromatic carbocycles. The second-order valence-electron chi connectivity index (χ2n) is 4.13. The van der Waals surface area contributed by atoms with Crippen molar-refractivity contribution >= 4 is 0 Å². The van der Waals surface area contributed by atoms with Gasteiger partial charge in [0.2, 0.25) is 0 Å². The lowest BCUT2D eigenvalue weighted by Crippen LogP contribution is -2.25. The van der Waals surface area contributed by atoms with E-state index in [0.717, 1.165) is 13.1 Å². The normalized spacial score (nSPS) is 11.2. The second-order valence-corrected chi connectivity index (χ2v) is 4.13. The number of rotatable bonds is 9. The Balaban J connectivity index is 1.92. The van der Waals surface area contributed by atoms with E-state index < -0.39 is 0 Å². The average molecular weight is 223 g/mol. The van der Waals surface area contributed by atoms with Crippen LogP contribution in [0.2, 0.25) is 0 Å². The number of aromatic amines is 1. The van der Waals surface area contributed by atoms with Crippen LogP contribution in [0, 0.1) is 0 Å². The topological polar surface area (TPSA) is 31.1 Å². The fourth-order valence-electron chi connectivity index (χ4n) is 1.83. The molecule has 0 unspecified atom stereocenters. The number of aromatic nitrogens is 1. The first kappa shape index (κ1) is 13.3. The molecule has 1 aromatic heterocycles. The zero-order valence-corrected chi connectivity index (χ0v) is 10.6. The summed E-state index contributed by atoms with van der Waals surface area (Å²) in [7, 11) is 0. The molecule has 1 aromatic rings. The van der Waals surface area contributed by atoms with Crippen LogP contribution in [0.3, 0.4) is 0 Å². The highest BCUT2D eigenvalue weighted by atomic mass is 15.1. The number of nitrogens with one attached hydrogen (secondary N) is 2. The standard InChI is InChI=1S/C13H25N3/c1-3-16(4-2)10-6-5-8-14-11-13-7-9-15-12-13/h7,9,12,14-15H,3-6,8,10-11H2,1-2H3. The van der Waals surface area contributed by atoms with Crippen molar-refractivity contribution in [3.8, 4) is 0 Å². The van der Waals surface area contributed by atoms with Crippen LogP contribution in [0.1, 0.15) is 32.3 Å². The number of nitrogens with zero attached hydrogens (tertiary/aromatic N) is 1. The predicted octanol–water partition coefficient (Wildman–Crippen LogP) is 2.23. The number of H-pyrrole nitrogens is 1. The summed E-state index contributed by atoms with van der Waals surface area (Å²) in [5.74, 6) is 0. The van der Waals surface area contributed by atoms with Gasteiger partial charge in [-0.1, -0.05) is 13.8 Å². The smallest absolute Gasteiger partial charge is 0.0220 e. The fraction of sp³-hybridized carbons (Fsp3) is 0.692. The Bertz CT molecular complexity index is 240. The molecule has 16 heavy (non-hydrogen) atoms. The van der Waals surface area contributed by atoms with Crippen LogP contribution >= 0.6 is 0 Å². The van der Waals surface area contributed by atoms with Gasteiger partial charge >= 0.3 is 0 Å². The Morgan fingerprint density at radius 3 is 2.69 bits per heavy atom. The molecular formula is C13H25N3. The van der Waals surface area contributed by atoms with Gasteiger partial charge in [0.1, 0.15) is 0 Å². The summed E-state index contributed by atoms with van der Waals surface area (Å²) in [6.07, 6.45) is 6.57. The molecule has 1 rings (SSSR count). The van der Waals surface area contributed by atoms with Gasteiger partial charge in [0.25, 0.3) is 0 Å². The summed E-state index contributed by atoms with van der Waals surface area (Å²) in [5.41, 5.74) is 1.34. The average Bonchev–Trinajstić information content (AvgIpc) is 2.81. The third-order valence-corrected chi connectivity index (χ3v) is 2.96. The molecule has 0 fully saturated rings. The molecular weight excluding hydrogens is 198 g/mol. The third kappa shape index (κ3) is 5.33. The van der Waals surface area contributed by atoms with E-state index in [4.69, 9.17) is 0 Å². The molecule has 2 N–H and O–H groups in total. The van der Waals surface area contributed by atoms with Gasteiger partial charge < -0.3 is 15.2 Å². The van der Waals surface area contributed by atoms with E-state index in [-0.39, 0.29) is 0 Å². The van der Waals surface area contributed by atoms with Crippen LogP contribution in [0.5, 0.6) is 0 Å². The first-order valence-corrected chi connectivity index (χ1v) is 6.41. The minimum absolute atomic E-state index is 0.981. The molecule has 3 nitrogen and oxygen atoms in total. The van der Waals surface area contributed by atoms with Crippen LogP contribution in [0.25, 0.3) is 0 Å². The third-order valence-electron chi connectivity index (χ3n) is 2.96. The van der Waals surface area contributed by atoms with Crippen LogP contribution in [0.15, 0.2) is 18.5 Å². The van der Waals surface area contributed by atoms with Gasteiger partial charge in [-0.3, -0.25) is 0 Å². The van der Waals surface area contributed by atoms with E-state index in [1.54, 1.807) is 0 Å². The molecule has 0 saturated carbocycles. The fourth-order valence-corrected chi connectivity index (χ4v) is 1.83. The van der Waals surface area contributed by atoms with Gasteiger partial charge in [0, 0.05) is 18.9 Å². The summed E-state index contributed by atoms with van der Waals surface area (Å²) < 4.78 is 0. The Hall–Kier alpha value is -0.800. The summed E-state index contributed by atoms with van der Waals surface area (Å²) in [6, 6.07) is 2.11. The van der Waals surface area contributed by atoms with Crippen LogP contribution < -0.4 is 5.32 Å². The lowest BCUT2D eigenvalue weighted by molar-refractivity contribution is 0.296. The summed E-state index contributed by atoms with van der Waals surface area (Å²) >= 11 is 0. The Morgan fingerprint density at radius 1 is 1.25 bits per heavy atom. The van der Waals surface area contributed by atoms with Crippen molar-refractivity contribution in [1.82, 2.24) is 15.2 Å². The largest absolute Gasteiger partial charge is 0.367 e. The van der Waals surface area contributed by atoms with Crippen molar-refractivity contribution in [2.45, 2.75) is 33.2 Å². The monoisotopic (exact) mass is 223 g/mol. The summed E-state index contributed by atoms with van der Waals surface area (Å²) in [4.78, 5) is 5.54. The van der Waals surface area contributed by atoms with E-state index in [0.29, 0.717) is 0 Å². The number of unbranched alkanes of at least 4 members (excludes halogenated alkanes) is 1. The van der Waals surface area contributed by atoms with Gasteiger partial charge in [0.15, 0.2) is 0 Å². The lowest BCUT2D eigenvalue weighted by Gasteiger charge is -2.17. The van der Waals surface area contributed by atoms with Crippen molar-refractivity contribution in [3.63, 3.8) is 0 Å². The number of hydrogen-bond acceptors (Lipinski definition) is 2. The van der Waals surface area contributed by atoms with Crippen molar-refractivity contribution in [2.75, 3.05) is 26.2 Å². The van der Waals surface area contributed by atoms with Crippen LogP contribution in [0.4, 0.5) is 0 Å². The molecule has 0 bridgehead atoms. The van der Waals surface area contributed by atoms with Crippen molar-refractivity contribution in [2.24, 2.45) is 0 Å². The van der Waals surface area contributed by atoms with E-state index in [1.807, 2.05) is 12.4 Å². The van der Waals surface area contributed by atoms with Gasteiger partial charge in [-0.15, -0.1) is 0 Å². The minimum atomic E-state index is 0.981. The molecule has 0 aliphatic carbocycles. The van der Waals surface area contributed by atoms with Gasteiger partial charge in [0.05, 0.1) is 0 Å². The van der Waals surface area contributed by atoms with E-state index in [2.05, 4.69) is 35.1 Å². The lowest BCUT2D eigenvalue weighted by atomic mass is 10.2. The Morgan fingerprint density at radius 2 is 2.06 bits per heavy atom. The maximum absolute atomic E-state index is 3.46. The SMILES string of the molecule is CCN(CC)CCCCNCc1cc[nH]c1. The molecule has 1 heterocycles. The second kappa shape index (κ2) is 8.36. The minimum Gasteiger partial charge on any atom is -0.367 e. The molecule has 0 atom stereocenters. The highest BCUT2D eigenvalue weighted by Gasteiger charge is 1.97. The van der Waals surface area contributed by atoms with Crippen LogP contribution in [-0.2, 0) is 6.54 Å². The highest BCUT2D eigenvalue weighted by molar-refractivity contribution is 5.07. The van der Waals surface area contributed by atoms with Crippen molar-refractivity contribution < 1.29 is 0 Å². The van der Waals surface area contributed by atoms with Crippen molar-refractivity contribution in [1.29, 1.82) is 0 Å². The molecule has 0 saturated heterocycles. The first-order valence-electron chi connectivity index (χ1n) is 6.41. The Labute approximate surface area is 99.2 Å². The quantitative estimate of drug-likeness (QED) is 0.629. The van der Waals surface area contributed by atoms with Crippen molar-refractivity contribution in [3.05, 3.63) is 24.0 Å². The van der Waals surface area contributed by atoms with E-state index in [1.165, 1.54) is 38.0 Å². The molecule has 0 amide bonds. The molecule has 0 aliphatic rings. The van der Waals surface area contributed by atoms with Gasteiger partial charge in [-0.25, -0.2) is 0 Å². The van der Waals surface area contributed by atoms with Gasteiger partial charge in [-0.2, -0.15) is 0 Å². The van der Waals surface area contributed by atoms with Crippen LogP contribution in [-0.4, -0.2) is 36.1 Å². The maximum atomic E-state index is 3.46. The van der Waals surface area contributed by atoms with Gasteiger partial charge in [-0.05, 0) is 50.7 Å². The molecule has 3 heteroatoms.